The summed E-state index contributed by atoms with van der Waals surface area (Å²) in [6, 6.07) is 6.70. The lowest BCUT2D eigenvalue weighted by atomic mass is 9.49. The van der Waals surface area contributed by atoms with Gasteiger partial charge < -0.3 is 9.30 Å². The number of rotatable bonds is 7. The van der Waals surface area contributed by atoms with Crippen molar-refractivity contribution in [1.82, 2.24) is 39.3 Å². The molecule has 0 bridgehead atoms. The fraction of sp³-hybridized carbons (Fsp3) is 0.280. The van der Waals surface area contributed by atoms with Crippen molar-refractivity contribution in [3.8, 4) is 28.7 Å². The third-order valence-corrected chi connectivity index (χ3v) is 6.56. The maximum atomic E-state index is 13.3. The molecule has 0 spiro atoms. The van der Waals surface area contributed by atoms with Gasteiger partial charge in [-0.05, 0) is 18.4 Å². The van der Waals surface area contributed by atoms with Gasteiger partial charge in [0.25, 0.3) is 0 Å². The van der Waals surface area contributed by atoms with E-state index in [0.717, 1.165) is 34.1 Å². The molecule has 6 rings (SSSR count). The highest BCUT2D eigenvalue weighted by molar-refractivity contribution is 6.56. The van der Waals surface area contributed by atoms with E-state index >= 15 is 0 Å². The summed E-state index contributed by atoms with van der Waals surface area (Å²) in [6.45, 7) is 0.328. The number of methoxy groups -OCH3 is 1. The molecule has 1 aromatic carbocycles. The molecule has 0 saturated heterocycles. The van der Waals surface area contributed by atoms with Gasteiger partial charge >= 0.3 is 6.18 Å². The summed E-state index contributed by atoms with van der Waals surface area (Å²) in [6.07, 6.45) is 2.89. The Bertz CT molecular complexity index is 1710. The van der Waals surface area contributed by atoms with Gasteiger partial charge in [0.2, 0.25) is 5.88 Å². The van der Waals surface area contributed by atoms with Crippen LogP contribution in [0.4, 0.5) is 13.2 Å². The van der Waals surface area contributed by atoms with Gasteiger partial charge in [-0.3, -0.25) is 0 Å². The van der Waals surface area contributed by atoms with E-state index in [9.17, 15) is 13.2 Å². The molecule has 0 unspecified atom stereocenters. The van der Waals surface area contributed by atoms with Crippen LogP contribution in [0.15, 0.2) is 49.2 Å². The van der Waals surface area contributed by atoms with Crippen molar-refractivity contribution >= 4 is 34.6 Å². The number of imidazole rings is 1. The zero-order chi connectivity index (χ0) is 28.2. The lowest BCUT2D eigenvalue weighted by molar-refractivity contribution is -0.140. The summed E-state index contributed by atoms with van der Waals surface area (Å²) in [5.41, 5.74) is 2.12. The fourth-order valence-corrected chi connectivity index (χ4v) is 4.46. The van der Waals surface area contributed by atoms with E-state index < -0.39 is 17.1 Å². The quantitative estimate of drug-likeness (QED) is 0.295. The van der Waals surface area contributed by atoms with E-state index in [0.29, 0.717) is 47.1 Å². The predicted molar refractivity (Wildman–Crippen MR) is 142 cm³/mol. The maximum absolute atomic E-state index is 13.3. The van der Waals surface area contributed by atoms with Gasteiger partial charge in [-0.1, -0.05) is 29.5 Å². The predicted octanol–water partition coefficient (Wildman–Crippen LogP) is 3.17. The molecule has 1 fully saturated rings. The van der Waals surface area contributed by atoms with E-state index in [4.69, 9.17) is 33.3 Å². The molecule has 1 saturated carbocycles. The van der Waals surface area contributed by atoms with Crippen LogP contribution in [-0.2, 0) is 18.0 Å². The van der Waals surface area contributed by atoms with Crippen LogP contribution in [0.3, 0.4) is 0 Å². The largest absolute Gasteiger partial charge is 0.480 e. The molecule has 40 heavy (non-hydrogen) atoms. The molecule has 5 aromatic rings. The standard InChI is InChI=1S/C25H18B3F3N8O/c1-40-23-18(19(14-6-7-14)33-12-34-23)20-32-8-16-9-35-39(22(16)37-20)10-13-2-4-15(5-3-13)21-36-17(24(29,30)31)11-38(21)25(26,27)28/h2-5,8-9,11-12,14H,6-7,10H2,1H3. The van der Waals surface area contributed by atoms with Crippen molar-refractivity contribution in [3.63, 3.8) is 0 Å². The van der Waals surface area contributed by atoms with Gasteiger partial charge in [0.15, 0.2) is 17.2 Å². The summed E-state index contributed by atoms with van der Waals surface area (Å²) in [5, 5.41) is 3.11. The summed E-state index contributed by atoms with van der Waals surface area (Å²) >= 11 is 0. The highest BCUT2D eigenvalue weighted by Crippen LogP contribution is 2.45. The van der Waals surface area contributed by atoms with Crippen LogP contribution in [0.25, 0.3) is 33.8 Å². The van der Waals surface area contributed by atoms with Gasteiger partial charge in [-0.15, -0.1) is 0 Å². The van der Waals surface area contributed by atoms with Crippen molar-refractivity contribution in [2.45, 2.75) is 36.7 Å². The number of fused-ring (bicyclic) bond motifs is 1. The average molecular weight is 536 g/mol. The second kappa shape index (κ2) is 9.49. The van der Waals surface area contributed by atoms with E-state index in [2.05, 4.69) is 25.0 Å². The second-order valence-electron chi connectivity index (χ2n) is 9.59. The number of aromatic nitrogens is 8. The molecule has 0 N–H and O–H groups in total. The van der Waals surface area contributed by atoms with Crippen molar-refractivity contribution < 1.29 is 17.9 Å². The monoisotopic (exact) mass is 536 g/mol. The molecular weight excluding hydrogens is 518 g/mol. The van der Waals surface area contributed by atoms with Gasteiger partial charge in [0.05, 0.1) is 54.5 Å². The molecule has 6 radical (unpaired) electrons. The highest BCUT2D eigenvalue weighted by Gasteiger charge is 2.36. The Morgan fingerprint density at radius 2 is 1.75 bits per heavy atom. The van der Waals surface area contributed by atoms with Crippen LogP contribution < -0.4 is 4.74 Å². The summed E-state index contributed by atoms with van der Waals surface area (Å²) in [5.74, 6) is 1.05. The van der Waals surface area contributed by atoms with Crippen molar-refractivity contribution in [2.75, 3.05) is 7.11 Å². The first-order valence-electron chi connectivity index (χ1n) is 12.2. The van der Waals surface area contributed by atoms with Crippen LogP contribution in [0.5, 0.6) is 5.88 Å². The van der Waals surface area contributed by atoms with Crippen LogP contribution in [0.1, 0.15) is 35.7 Å². The minimum atomic E-state index is -4.69. The van der Waals surface area contributed by atoms with Crippen molar-refractivity contribution in [2.24, 2.45) is 0 Å². The maximum Gasteiger partial charge on any atom is 0.434 e. The zero-order valence-electron chi connectivity index (χ0n) is 21.2. The smallest absolute Gasteiger partial charge is 0.434 e. The average Bonchev–Trinajstić information content (AvgIpc) is 3.52. The first-order chi connectivity index (χ1) is 19.0. The Hall–Kier alpha value is -4.16. The molecule has 1 aliphatic rings. The molecule has 4 heterocycles. The zero-order valence-corrected chi connectivity index (χ0v) is 21.2. The molecule has 1 aliphatic carbocycles. The number of nitrogens with zero attached hydrogens (tertiary/aromatic N) is 8. The molecule has 194 valence electrons. The summed E-state index contributed by atoms with van der Waals surface area (Å²) < 4.78 is 48.0. The number of benzene rings is 1. The highest BCUT2D eigenvalue weighted by atomic mass is 19.4. The SMILES string of the molecule is [B]C([B])([B])n1cc(C(F)(F)F)nc1-c1ccc(Cn2ncc3cnc(-c4c(OC)ncnc4C4CC4)nc32)cc1. The number of hydrogen-bond acceptors (Lipinski definition) is 7. The molecule has 15 heteroatoms. The normalized spacial score (nSPS) is 14.1. The lowest BCUT2D eigenvalue weighted by Gasteiger charge is -2.25. The van der Waals surface area contributed by atoms with Crippen molar-refractivity contribution in [3.05, 3.63) is 66.1 Å². The Morgan fingerprint density at radius 1 is 1.00 bits per heavy atom. The van der Waals surface area contributed by atoms with Crippen LogP contribution in [0, 0.1) is 0 Å². The van der Waals surface area contributed by atoms with Crippen LogP contribution in [-0.4, -0.2) is 69.9 Å². The summed E-state index contributed by atoms with van der Waals surface area (Å²) in [7, 11) is 18.6. The Balaban J connectivity index is 1.32. The fourth-order valence-electron chi connectivity index (χ4n) is 4.46. The van der Waals surface area contributed by atoms with E-state index in [-0.39, 0.29) is 5.82 Å². The van der Waals surface area contributed by atoms with E-state index in [1.54, 1.807) is 48.5 Å². The third kappa shape index (κ3) is 4.84. The molecule has 4 aromatic heterocycles. The Labute approximate surface area is 230 Å². The Kier molecular flexibility index (Phi) is 6.19. The van der Waals surface area contributed by atoms with Gasteiger partial charge in [0, 0.05) is 23.9 Å². The molecule has 0 aliphatic heterocycles. The van der Waals surface area contributed by atoms with Crippen molar-refractivity contribution in [1.29, 1.82) is 0 Å². The third-order valence-electron chi connectivity index (χ3n) is 6.56. The van der Waals surface area contributed by atoms with E-state index in [1.165, 1.54) is 6.33 Å². The molecule has 9 nitrogen and oxygen atoms in total. The lowest BCUT2D eigenvalue weighted by Crippen LogP contribution is -2.35. The minimum Gasteiger partial charge on any atom is -0.480 e. The minimum absolute atomic E-state index is 0.112. The Morgan fingerprint density at radius 3 is 2.40 bits per heavy atom. The molecule has 0 atom stereocenters. The molecule has 0 amide bonds. The molecular formula is C25H18B3F3N8O. The van der Waals surface area contributed by atoms with E-state index in [1.807, 2.05) is 0 Å². The van der Waals surface area contributed by atoms with Gasteiger partial charge in [-0.2, -0.15) is 18.3 Å². The van der Waals surface area contributed by atoms with Gasteiger partial charge in [-0.25, -0.2) is 29.6 Å². The topological polar surface area (TPSA) is 96.4 Å². The number of ether oxygens (including phenoxy) is 1. The van der Waals surface area contributed by atoms with Crippen LogP contribution >= 0.6 is 0 Å². The van der Waals surface area contributed by atoms with Gasteiger partial charge in [0.1, 0.15) is 17.7 Å². The number of halogens is 3. The summed E-state index contributed by atoms with van der Waals surface area (Å²) in [4.78, 5) is 21.7. The first-order valence-corrected chi connectivity index (χ1v) is 12.2. The number of hydrogen-bond donors (Lipinski definition) is 0. The first kappa shape index (κ1) is 26.1. The second-order valence-corrected chi connectivity index (χ2v) is 9.59. The number of alkyl halides is 3. The van der Waals surface area contributed by atoms with Crippen LogP contribution in [0.2, 0.25) is 0 Å².